The first-order valence-corrected chi connectivity index (χ1v) is 11.0. The maximum Gasteiger partial charge on any atom is 0.228 e. The minimum absolute atomic E-state index is 0.217. The predicted molar refractivity (Wildman–Crippen MR) is 109 cm³/mol. The van der Waals surface area contributed by atoms with Crippen molar-refractivity contribution < 1.29 is 9.32 Å². The van der Waals surface area contributed by atoms with Crippen molar-refractivity contribution in [3.63, 3.8) is 0 Å². The highest BCUT2D eigenvalue weighted by Crippen LogP contribution is 2.30. The number of carbonyl (C=O) groups excluding carboxylic acids is 1. The van der Waals surface area contributed by atoms with E-state index in [1.165, 1.54) is 32.1 Å². The van der Waals surface area contributed by atoms with Gasteiger partial charge in [-0.25, -0.2) is 0 Å². The highest BCUT2D eigenvalue weighted by molar-refractivity contribution is 6.30. The van der Waals surface area contributed by atoms with E-state index in [-0.39, 0.29) is 5.92 Å². The third kappa shape index (κ3) is 4.57. The molecule has 0 aliphatic heterocycles. The summed E-state index contributed by atoms with van der Waals surface area (Å²) >= 11 is 5.94. The van der Waals surface area contributed by atoms with Crippen LogP contribution in [0.1, 0.15) is 63.7 Å². The molecule has 1 aromatic carbocycles. The van der Waals surface area contributed by atoms with Gasteiger partial charge in [0.1, 0.15) is 0 Å². The number of carbonyl (C=O) groups is 1. The molecule has 0 saturated heterocycles. The molecule has 28 heavy (non-hydrogen) atoms. The average molecular weight is 402 g/mol. The number of aromatic nitrogens is 2. The molecule has 0 radical (unpaired) electrons. The monoisotopic (exact) mass is 401 g/mol. The van der Waals surface area contributed by atoms with E-state index >= 15 is 0 Å². The van der Waals surface area contributed by atoms with Gasteiger partial charge in [0.25, 0.3) is 0 Å². The number of benzene rings is 1. The first-order chi connectivity index (χ1) is 13.7. The summed E-state index contributed by atoms with van der Waals surface area (Å²) in [6, 6.07) is 7.78. The summed E-state index contributed by atoms with van der Waals surface area (Å²) < 4.78 is 5.46. The molecule has 2 aliphatic carbocycles. The van der Waals surface area contributed by atoms with Gasteiger partial charge >= 0.3 is 0 Å². The van der Waals surface area contributed by atoms with E-state index in [2.05, 4.69) is 15.0 Å². The molecule has 0 N–H and O–H groups in total. The van der Waals surface area contributed by atoms with E-state index in [1.54, 1.807) is 0 Å². The van der Waals surface area contributed by atoms with Gasteiger partial charge in [-0.3, -0.25) is 4.79 Å². The third-order valence-corrected chi connectivity index (χ3v) is 6.39. The van der Waals surface area contributed by atoms with Crippen LogP contribution in [0.25, 0.3) is 11.4 Å². The Labute approximate surface area is 171 Å². The Kier molecular flexibility index (Phi) is 6.30. The molecule has 0 bridgehead atoms. The first kappa shape index (κ1) is 19.4. The van der Waals surface area contributed by atoms with Crippen LogP contribution in [0.15, 0.2) is 28.8 Å². The van der Waals surface area contributed by atoms with E-state index in [9.17, 15) is 4.79 Å². The van der Waals surface area contributed by atoms with Gasteiger partial charge in [0.2, 0.25) is 17.6 Å². The first-order valence-electron chi connectivity index (χ1n) is 10.6. The molecule has 150 valence electrons. The minimum atomic E-state index is 0.217. The highest BCUT2D eigenvalue weighted by Gasteiger charge is 2.32. The molecule has 1 amide bonds. The van der Waals surface area contributed by atoms with Crippen LogP contribution in [0.2, 0.25) is 5.02 Å². The molecule has 0 spiro atoms. The topological polar surface area (TPSA) is 59.2 Å². The van der Waals surface area contributed by atoms with Crippen LogP contribution in [0, 0.1) is 5.92 Å². The molecule has 1 aromatic heterocycles. The van der Waals surface area contributed by atoms with Gasteiger partial charge in [0.05, 0.1) is 0 Å². The van der Waals surface area contributed by atoms with Gasteiger partial charge in [0, 0.05) is 35.5 Å². The van der Waals surface area contributed by atoms with Gasteiger partial charge < -0.3 is 9.42 Å². The summed E-state index contributed by atoms with van der Waals surface area (Å²) in [6.45, 7) is 0.669. The van der Waals surface area contributed by atoms with E-state index in [0.29, 0.717) is 41.7 Å². The van der Waals surface area contributed by atoms with Crippen LogP contribution in [0.4, 0.5) is 0 Å². The van der Waals surface area contributed by atoms with E-state index in [4.69, 9.17) is 16.1 Å². The molecule has 2 aliphatic rings. The minimum Gasteiger partial charge on any atom is -0.339 e. The van der Waals surface area contributed by atoms with Crippen molar-refractivity contribution in [2.45, 2.75) is 70.3 Å². The summed E-state index contributed by atoms with van der Waals surface area (Å²) in [5.41, 5.74) is 0.880. The Morgan fingerprint density at radius 3 is 2.43 bits per heavy atom. The molecule has 4 rings (SSSR count). The zero-order chi connectivity index (χ0) is 19.3. The fraction of sp³-hybridized carbons (Fsp3) is 0.591. The van der Waals surface area contributed by atoms with Crippen LogP contribution in [-0.2, 0) is 11.2 Å². The van der Waals surface area contributed by atoms with E-state index in [0.717, 1.165) is 31.2 Å². The summed E-state index contributed by atoms with van der Waals surface area (Å²) in [5, 5.41) is 4.78. The Balaban J connectivity index is 1.43. The summed E-state index contributed by atoms with van der Waals surface area (Å²) in [6.07, 6.45) is 11.0. The standard InChI is InChI=1S/C22H28ClN3O2/c23-18-12-10-16(11-13-18)21-24-20(28-25-21)14-15-26(19-8-2-1-3-9-19)22(27)17-6-4-5-7-17/h10-13,17,19H,1-9,14-15H2. The van der Waals surface area contributed by atoms with Crippen molar-refractivity contribution in [1.29, 1.82) is 0 Å². The normalized spacial score (nSPS) is 18.5. The van der Waals surface area contributed by atoms with Gasteiger partial charge in [-0.2, -0.15) is 4.98 Å². The van der Waals surface area contributed by atoms with Crippen LogP contribution in [0.3, 0.4) is 0 Å². The van der Waals surface area contributed by atoms with Gasteiger partial charge in [-0.05, 0) is 49.9 Å². The second kappa shape index (κ2) is 9.08. The number of halogens is 1. The SMILES string of the molecule is O=C(C1CCCC1)N(CCc1nc(-c2ccc(Cl)cc2)no1)C1CCCCC1. The molecule has 2 aromatic rings. The fourth-order valence-corrected chi connectivity index (χ4v) is 4.69. The quantitative estimate of drug-likeness (QED) is 0.660. The molecular weight excluding hydrogens is 374 g/mol. The van der Waals surface area contributed by atoms with Crippen molar-refractivity contribution in [3.8, 4) is 11.4 Å². The number of hydrogen-bond acceptors (Lipinski definition) is 4. The fourth-order valence-electron chi connectivity index (χ4n) is 4.56. The largest absolute Gasteiger partial charge is 0.339 e. The zero-order valence-corrected chi connectivity index (χ0v) is 17.0. The lowest BCUT2D eigenvalue weighted by Crippen LogP contribution is -2.45. The average Bonchev–Trinajstić information content (AvgIpc) is 3.42. The Morgan fingerprint density at radius 2 is 1.71 bits per heavy atom. The van der Waals surface area contributed by atoms with E-state index in [1.807, 2.05) is 24.3 Å². The highest BCUT2D eigenvalue weighted by atomic mass is 35.5. The lowest BCUT2D eigenvalue weighted by Gasteiger charge is -2.36. The molecular formula is C22H28ClN3O2. The Bertz CT molecular complexity index is 777. The number of nitrogens with zero attached hydrogens (tertiary/aromatic N) is 3. The van der Waals surface area contributed by atoms with Gasteiger partial charge in [-0.15, -0.1) is 0 Å². The Morgan fingerprint density at radius 1 is 1.04 bits per heavy atom. The summed E-state index contributed by atoms with van der Waals surface area (Å²) in [7, 11) is 0. The molecule has 6 heteroatoms. The third-order valence-electron chi connectivity index (χ3n) is 6.14. The van der Waals surface area contributed by atoms with Gasteiger partial charge in [0.15, 0.2) is 0 Å². The number of hydrogen-bond donors (Lipinski definition) is 0. The molecule has 1 heterocycles. The predicted octanol–water partition coefficient (Wildman–Crippen LogP) is 5.28. The molecule has 2 fully saturated rings. The van der Waals surface area contributed by atoms with Crippen molar-refractivity contribution in [2.24, 2.45) is 5.92 Å². The van der Waals surface area contributed by atoms with Crippen LogP contribution < -0.4 is 0 Å². The Hall–Kier alpha value is -1.88. The second-order valence-corrected chi connectivity index (χ2v) is 8.51. The van der Waals surface area contributed by atoms with Crippen LogP contribution in [-0.4, -0.2) is 33.5 Å². The summed E-state index contributed by atoms with van der Waals surface area (Å²) in [5.74, 6) is 1.72. The number of amides is 1. The molecule has 0 atom stereocenters. The lowest BCUT2D eigenvalue weighted by molar-refractivity contribution is -0.138. The molecule has 2 saturated carbocycles. The van der Waals surface area contributed by atoms with Crippen molar-refractivity contribution >= 4 is 17.5 Å². The van der Waals surface area contributed by atoms with Crippen LogP contribution in [0.5, 0.6) is 0 Å². The smallest absolute Gasteiger partial charge is 0.228 e. The maximum atomic E-state index is 13.2. The zero-order valence-electron chi connectivity index (χ0n) is 16.3. The molecule has 5 nitrogen and oxygen atoms in total. The van der Waals surface area contributed by atoms with Gasteiger partial charge in [-0.1, -0.05) is 48.9 Å². The second-order valence-electron chi connectivity index (χ2n) is 8.07. The molecule has 0 unspecified atom stereocenters. The lowest BCUT2D eigenvalue weighted by atomic mass is 9.92. The van der Waals surface area contributed by atoms with Crippen molar-refractivity contribution in [1.82, 2.24) is 15.0 Å². The van der Waals surface area contributed by atoms with E-state index < -0.39 is 0 Å². The van der Waals surface area contributed by atoms with Crippen molar-refractivity contribution in [2.75, 3.05) is 6.54 Å². The number of rotatable bonds is 6. The maximum absolute atomic E-state index is 13.2. The van der Waals surface area contributed by atoms with Crippen LogP contribution >= 0.6 is 11.6 Å². The van der Waals surface area contributed by atoms with Crippen molar-refractivity contribution in [3.05, 3.63) is 35.2 Å². The summed E-state index contributed by atoms with van der Waals surface area (Å²) in [4.78, 5) is 19.8.